The molecule has 0 bridgehead atoms. The molecule has 0 saturated carbocycles. The van der Waals surface area contributed by atoms with E-state index in [2.05, 4.69) is 4.85 Å². The van der Waals surface area contributed by atoms with Crippen LogP contribution in [-0.2, 0) is 0 Å². The fourth-order valence-corrected chi connectivity index (χ4v) is 0.949. The van der Waals surface area contributed by atoms with Gasteiger partial charge in [0.25, 0.3) is 0 Å². The molecule has 0 unspecified atom stereocenters. The molecule has 1 rings (SSSR count). The average molecular weight is 168 g/mol. The minimum atomic E-state index is 0.158. The van der Waals surface area contributed by atoms with Crippen LogP contribution in [0.4, 0.5) is 0 Å². The van der Waals surface area contributed by atoms with Crippen LogP contribution in [0.3, 0.4) is 0 Å². The van der Waals surface area contributed by atoms with Crippen molar-refractivity contribution < 1.29 is 0 Å². The van der Waals surface area contributed by atoms with E-state index in [4.69, 9.17) is 11.8 Å². The van der Waals surface area contributed by atoms with Crippen LogP contribution in [0, 0.1) is 17.9 Å². The number of hydrogen-bond acceptors (Lipinski definition) is 1. The second kappa shape index (κ2) is 4.74. The fourth-order valence-electron chi connectivity index (χ4n) is 0.949. The standard InChI is InChI=1S/C11H8N2/c1-13-9-11(8-12)7-10-5-3-2-4-6-10/h2-7H,9H2/b11-7+. The minimum absolute atomic E-state index is 0.158. The highest BCUT2D eigenvalue weighted by atomic mass is 14.6. The Bertz CT molecular complexity index is 377. The van der Waals surface area contributed by atoms with Crippen molar-refractivity contribution in [2.45, 2.75) is 0 Å². The first kappa shape index (κ1) is 9.03. The summed E-state index contributed by atoms with van der Waals surface area (Å²) in [7, 11) is 0. The van der Waals surface area contributed by atoms with Crippen molar-refractivity contribution >= 4 is 6.08 Å². The Labute approximate surface area is 77.6 Å². The Morgan fingerprint density at radius 1 is 1.46 bits per heavy atom. The number of benzene rings is 1. The first-order valence-corrected chi connectivity index (χ1v) is 3.86. The molecule has 0 spiro atoms. The van der Waals surface area contributed by atoms with Crippen molar-refractivity contribution in [1.82, 2.24) is 0 Å². The van der Waals surface area contributed by atoms with E-state index in [0.29, 0.717) is 5.57 Å². The fraction of sp³-hybridized carbons (Fsp3) is 0.0909. The Kier molecular flexibility index (Phi) is 3.30. The average Bonchev–Trinajstić information content (AvgIpc) is 2.19. The molecule has 0 saturated heterocycles. The summed E-state index contributed by atoms with van der Waals surface area (Å²) in [6.07, 6.45) is 1.73. The maximum Gasteiger partial charge on any atom is 0.249 e. The Hall–Kier alpha value is -2.06. The van der Waals surface area contributed by atoms with Crippen molar-refractivity contribution in [1.29, 1.82) is 5.26 Å². The van der Waals surface area contributed by atoms with Crippen LogP contribution in [0.5, 0.6) is 0 Å². The van der Waals surface area contributed by atoms with Gasteiger partial charge in [-0.2, -0.15) is 5.26 Å². The first-order chi connectivity index (χ1) is 6.36. The molecule has 2 nitrogen and oxygen atoms in total. The van der Waals surface area contributed by atoms with Crippen molar-refractivity contribution in [3.05, 3.63) is 52.9 Å². The van der Waals surface area contributed by atoms with Crippen LogP contribution < -0.4 is 0 Å². The van der Waals surface area contributed by atoms with E-state index in [1.807, 2.05) is 36.4 Å². The highest BCUT2D eigenvalue weighted by Crippen LogP contribution is 2.05. The number of nitrogens with zero attached hydrogens (tertiary/aromatic N) is 2. The summed E-state index contributed by atoms with van der Waals surface area (Å²) in [4.78, 5) is 3.16. The Morgan fingerprint density at radius 2 is 2.15 bits per heavy atom. The molecule has 0 aromatic heterocycles. The molecule has 0 fully saturated rings. The van der Waals surface area contributed by atoms with E-state index < -0.39 is 0 Å². The molecule has 0 aliphatic carbocycles. The molecular formula is C11H8N2. The Balaban J connectivity index is 2.88. The van der Waals surface area contributed by atoms with E-state index >= 15 is 0 Å². The van der Waals surface area contributed by atoms with Crippen molar-refractivity contribution in [2.24, 2.45) is 0 Å². The number of hydrogen-bond donors (Lipinski definition) is 0. The van der Waals surface area contributed by atoms with Crippen LogP contribution in [0.2, 0.25) is 0 Å². The highest BCUT2D eigenvalue weighted by Gasteiger charge is 1.97. The Morgan fingerprint density at radius 3 is 2.69 bits per heavy atom. The lowest BCUT2D eigenvalue weighted by molar-refractivity contribution is 1.39. The number of nitriles is 1. The van der Waals surface area contributed by atoms with Gasteiger partial charge >= 0.3 is 0 Å². The second-order valence-corrected chi connectivity index (χ2v) is 2.51. The molecule has 0 aliphatic heterocycles. The van der Waals surface area contributed by atoms with Crippen LogP contribution in [0.1, 0.15) is 5.56 Å². The second-order valence-electron chi connectivity index (χ2n) is 2.51. The molecule has 1 aromatic rings. The van der Waals surface area contributed by atoms with E-state index in [0.717, 1.165) is 5.56 Å². The highest BCUT2D eigenvalue weighted by molar-refractivity contribution is 5.57. The van der Waals surface area contributed by atoms with Gasteiger partial charge in [0.15, 0.2) is 0 Å². The summed E-state index contributed by atoms with van der Waals surface area (Å²) < 4.78 is 0. The summed E-state index contributed by atoms with van der Waals surface area (Å²) in [5.74, 6) is 0. The maximum absolute atomic E-state index is 8.66. The SMILES string of the molecule is [C-]#[N+]C/C(C#N)=C/c1ccccc1. The molecule has 0 aliphatic rings. The minimum Gasteiger partial charge on any atom is -0.311 e. The molecule has 2 heteroatoms. The zero-order chi connectivity index (χ0) is 9.52. The zero-order valence-corrected chi connectivity index (χ0v) is 7.07. The molecule has 1 aromatic carbocycles. The zero-order valence-electron chi connectivity index (χ0n) is 7.07. The van der Waals surface area contributed by atoms with Gasteiger partial charge in [-0.25, -0.2) is 6.57 Å². The normalized spacial score (nSPS) is 10.2. The van der Waals surface area contributed by atoms with Gasteiger partial charge in [0.1, 0.15) is 11.6 Å². The van der Waals surface area contributed by atoms with Gasteiger partial charge in [0.2, 0.25) is 6.54 Å². The van der Waals surface area contributed by atoms with Gasteiger partial charge in [-0.3, -0.25) is 0 Å². The lowest BCUT2D eigenvalue weighted by Crippen LogP contribution is -1.82. The van der Waals surface area contributed by atoms with Crippen LogP contribution >= 0.6 is 0 Å². The van der Waals surface area contributed by atoms with Gasteiger partial charge in [-0.15, -0.1) is 0 Å². The summed E-state index contributed by atoms with van der Waals surface area (Å²) in [5.41, 5.74) is 1.46. The van der Waals surface area contributed by atoms with Gasteiger partial charge in [-0.1, -0.05) is 30.3 Å². The van der Waals surface area contributed by atoms with Crippen LogP contribution in [0.15, 0.2) is 35.9 Å². The summed E-state index contributed by atoms with van der Waals surface area (Å²) >= 11 is 0. The third-order valence-electron chi connectivity index (χ3n) is 1.53. The summed E-state index contributed by atoms with van der Waals surface area (Å²) in [6, 6.07) is 11.5. The van der Waals surface area contributed by atoms with Crippen LogP contribution in [0.25, 0.3) is 10.9 Å². The molecule has 13 heavy (non-hydrogen) atoms. The molecule has 0 N–H and O–H groups in total. The summed E-state index contributed by atoms with van der Waals surface area (Å²) in [5, 5.41) is 8.66. The first-order valence-electron chi connectivity index (χ1n) is 3.86. The van der Waals surface area contributed by atoms with Gasteiger partial charge in [-0.05, 0) is 11.6 Å². The lowest BCUT2D eigenvalue weighted by atomic mass is 10.1. The predicted octanol–water partition coefficient (Wildman–Crippen LogP) is 2.51. The smallest absolute Gasteiger partial charge is 0.249 e. The monoisotopic (exact) mass is 168 g/mol. The quantitative estimate of drug-likeness (QED) is 0.492. The molecular weight excluding hydrogens is 160 g/mol. The third-order valence-corrected chi connectivity index (χ3v) is 1.53. The maximum atomic E-state index is 8.66. The van der Waals surface area contributed by atoms with Gasteiger partial charge < -0.3 is 4.85 Å². The molecule has 62 valence electrons. The van der Waals surface area contributed by atoms with Gasteiger partial charge in [0.05, 0.1) is 0 Å². The van der Waals surface area contributed by atoms with E-state index in [1.54, 1.807) is 6.08 Å². The third kappa shape index (κ3) is 2.81. The summed E-state index contributed by atoms with van der Waals surface area (Å²) in [6.45, 7) is 6.79. The van der Waals surface area contributed by atoms with E-state index in [9.17, 15) is 0 Å². The molecule has 0 amide bonds. The van der Waals surface area contributed by atoms with Gasteiger partial charge in [0, 0.05) is 0 Å². The molecule has 0 heterocycles. The topological polar surface area (TPSA) is 28.1 Å². The predicted molar refractivity (Wildman–Crippen MR) is 51.5 cm³/mol. The largest absolute Gasteiger partial charge is 0.311 e. The van der Waals surface area contributed by atoms with Crippen molar-refractivity contribution in [2.75, 3.05) is 6.54 Å². The lowest BCUT2D eigenvalue weighted by Gasteiger charge is -1.90. The molecule has 0 atom stereocenters. The van der Waals surface area contributed by atoms with E-state index in [-0.39, 0.29) is 6.54 Å². The van der Waals surface area contributed by atoms with Crippen molar-refractivity contribution in [3.63, 3.8) is 0 Å². The van der Waals surface area contributed by atoms with E-state index in [1.165, 1.54) is 0 Å². The van der Waals surface area contributed by atoms with Crippen molar-refractivity contribution in [3.8, 4) is 6.07 Å². The number of rotatable bonds is 2. The van der Waals surface area contributed by atoms with Crippen LogP contribution in [-0.4, -0.2) is 6.54 Å². The molecule has 0 radical (unpaired) electrons.